The molecule has 0 saturated heterocycles. The first-order valence-corrected chi connectivity index (χ1v) is 17.5. The van der Waals surface area contributed by atoms with Gasteiger partial charge < -0.3 is 9.13 Å². The molecular formula is C48H34N2. The van der Waals surface area contributed by atoms with Crippen LogP contribution in [0.2, 0.25) is 0 Å². The SMILES string of the molecule is C1=CC(n2c3ccccc3c3c(-c4cccc5c4c4ccccc4n5-c4ccccc4-c4ccccc4)cccc32)=C(c2ccccc2)CC1. The predicted octanol–water partition coefficient (Wildman–Crippen LogP) is 12.9. The molecule has 0 atom stereocenters. The van der Waals surface area contributed by atoms with Crippen molar-refractivity contribution in [1.82, 2.24) is 9.13 Å². The molecule has 2 heterocycles. The van der Waals surface area contributed by atoms with Crippen LogP contribution in [0.3, 0.4) is 0 Å². The maximum atomic E-state index is 2.51. The monoisotopic (exact) mass is 638 g/mol. The second kappa shape index (κ2) is 11.6. The number of rotatable bonds is 5. The first kappa shape index (κ1) is 28.6. The van der Waals surface area contributed by atoms with Crippen molar-refractivity contribution < 1.29 is 0 Å². The molecule has 9 aromatic rings. The molecule has 50 heavy (non-hydrogen) atoms. The third-order valence-corrected chi connectivity index (χ3v) is 10.4. The molecule has 0 N–H and O–H groups in total. The highest BCUT2D eigenvalue weighted by Crippen LogP contribution is 2.45. The molecule has 0 amide bonds. The van der Waals surface area contributed by atoms with Crippen LogP contribution in [0.5, 0.6) is 0 Å². The summed E-state index contributed by atoms with van der Waals surface area (Å²) in [4.78, 5) is 0. The van der Waals surface area contributed by atoms with Gasteiger partial charge in [0, 0.05) is 32.8 Å². The van der Waals surface area contributed by atoms with Crippen molar-refractivity contribution >= 4 is 54.9 Å². The van der Waals surface area contributed by atoms with Gasteiger partial charge in [-0.05, 0) is 77.1 Å². The summed E-state index contributed by atoms with van der Waals surface area (Å²) in [6.45, 7) is 0. The van der Waals surface area contributed by atoms with Gasteiger partial charge in [0.15, 0.2) is 0 Å². The molecule has 0 fully saturated rings. The first-order chi connectivity index (χ1) is 24.9. The van der Waals surface area contributed by atoms with Crippen molar-refractivity contribution in [2.75, 3.05) is 0 Å². The van der Waals surface area contributed by atoms with Crippen molar-refractivity contribution in [2.24, 2.45) is 0 Å². The Morgan fingerprint density at radius 2 is 0.880 bits per heavy atom. The minimum Gasteiger partial charge on any atom is -0.309 e. The van der Waals surface area contributed by atoms with Crippen molar-refractivity contribution in [1.29, 1.82) is 0 Å². The van der Waals surface area contributed by atoms with Gasteiger partial charge in [-0.1, -0.05) is 146 Å². The van der Waals surface area contributed by atoms with E-state index in [1.54, 1.807) is 0 Å². The summed E-state index contributed by atoms with van der Waals surface area (Å²) in [5.74, 6) is 0. The van der Waals surface area contributed by atoms with E-state index in [-0.39, 0.29) is 0 Å². The number of fused-ring (bicyclic) bond motifs is 6. The maximum Gasteiger partial charge on any atom is 0.0547 e. The molecule has 2 nitrogen and oxygen atoms in total. The van der Waals surface area contributed by atoms with E-state index < -0.39 is 0 Å². The van der Waals surface area contributed by atoms with Crippen molar-refractivity contribution in [2.45, 2.75) is 12.8 Å². The molecule has 0 radical (unpaired) electrons. The molecule has 1 aliphatic carbocycles. The number of aromatic nitrogens is 2. The number of hydrogen-bond acceptors (Lipinski definition) is 0. The van der Waals surface area contributed by atoms with Crippen LogP contribution in [0.15, 0.2) is 182 Å². The highest BCUT2D eigenvalue weighted by Gasteiger charge is 2.23. The van der Waals surface area contributed by atoms with Crippen molar-refractivity contribution in [3.63, 3.8) is 0 Å². The van der Waals surface area contributed by atoms with Gasteiger partial charge >= 0.3 is 0 Å². The van der Waals surface area contributed by atoms with Crippen molar-refractivity contribution in [3.8, 4) is 27.9 Å². The van der Waals surface area contributed by atoms with Gasteiger partial charge in [0.1, 0.15) is 0 Å². The van der Waals surface area contributed by atoms with Crippen LogP contribution < -0.4 is 0 Å². The molecular weight excluding hydrogens is 605 g/mol. The van der Waals surface area contributed by atoms with Crippen LogP contribution in [-0.4, -0.2) is 9.13 Å². The lowest BCUT2D eigenvalue weighted by Crippen LogP contribution is -2.02. The molecule has 0 aliphatic heterocycles. The number of nitrogens with zero attached hydrogens (tertiary/aromatic N) is 2. The van der Waals surface area contributed by atoms with Crippen LogP contribution in [0.25, 0.3) is 82.8 Å². The van der Waals surface area contributed by atoms with Crippen LogP contribution >= 0.6 is 0 Å². The Bertz CT molecular complexity index is 2790. The van der Waals surface area contributed by atoms with E-state index in [4.69, 9.17) is 0 Å². The van der Waals surface area contributed by atoms with Crippen LogP contribution in [-0.2, 0) is 0 Å². The largest absolute Gasteiger partial charge is 0.309 e. The Labute approximate surface area is 291 Å². The van der Waals surface area contributed by atoms with Gasteiger partial charge in [0.05, 0.1) is 27.8 Å². The zero-order chi connectivity index (χ0) is 33.0. The zero-order valence-electron chi connectivity index (χ0n) is 27.6. The topological polar surface area (TPSA) is 9.86 Å². The van der Waals surface area contributed by atoms with E-state index in [1.807, 2.05) is 0 Å². The average Bonchev–Trinajstić information content (AvgIpc) is 3.72. The Kier molecular flexibility index (Phi) is 6.67. The summed E-state index contributed by atoms with van der Waals surface area (Å²) in [6, 6.07) is 61.9. The predicted molar refractivity (Wildman–Crippen MR) is 213 cm³/mol. The highest BCUT2D eigenvalue weighted by atomic mass is 15.0. The Morgan fingerprint density at radius 1 is 0.380 bits per heavy atom. The quantitative estimate of drug-likeness (QED) is 0.178. The summed E-state index contributed by atoms with van der Waals surface area (Å²) in [6.07, 6.45) is 6.74. The van der Waals surface area contributed by atoms with Crippen molar-refractivity contribution in [3.05, 3.63) is 188 Å². The molecule has 2 heteroatoms. The van der Waals surface area contributed by atoms with E-state index in [2.05, 4.69) is 191 Å². The van der Waals surface area contributed by atoms with Crippen LogP contribution in [0, 0.1) is 0 Å². The Morgan fingerprint density at radius 3 is 1.56 bits per heavy atom. The van der Waals surface area contributed by atoms with E-state index in [0.717, 1.165) is 12.8 Å². The first-order valence-electron chi connectivity index (χ1n) is 17.5. The minimum absolute atomic E-state index is 1.02. The molecule has 1 aliphatic rings. The van der Waals surface area contributed by atoms with Gasteiger partial charge in [-0.15, -0.1) is 0 Å². The summed E-state index contributed by atoms with van der Waals surface area (Å²) in [5, 5.41) is 5.09. The summed E-state index contributed by atoms with van der Waals surface area (Å²) in [5.41, 5.74) is 14.9. The van der Waals surface area contributed by atoms with Gasteiger partial charge in [0.2, 0.25) is 0 Å². The fourth-order valence-electron chi connectivity index (χ4n) is 8.33. The lowest BCUT2D eigenvalue weighted by Gasteiger charge is -2.19. The molecule has 2 aromatic heterocycles. The number of benzene rings is 7. The fraction of sp³-hybridized carbons (Fsp3) is 0.0417. The van der Waals surface area contributed by atoms with Gasteiger partial charge in [0.25, 0.3) is 0 Å². The lowest BCUT2D eigenvalue weighted by atomic mass is 9.94. The molecule has 236 valence electrons. The van der Waals surface area contributed by atoms with E-state index in [0.29, 0.717) is 0 Å². The number of hydrogen-bond donors (Lipinski definition) is 0. The summed E-state index contributed by atoms with van der Waals surface area (Å²) in [7, 11) is 0. The number of para-hydroxylation sites is 3. The average molecular weight is 639 g/mol. The summed E-state index contributed by atoms with van der Waals surface area (Å²) < 4.78 is 4.97. The minimum atomic E-state index is 1.02. The second-order valence-corrected chi connectivity index (χ2v) is 13.2. The molecule has 0 saturated carbocycles. The smallest absolute Gasteiger partial charge is 0.0547 e. The maximum absolute atomic E-state index is 2.51. The summed E-state index contributed by atoms with van der Waals surface area (Å²) >= 11 is 0. The standard InChI is InChI=1S/C48H34N2/c1-3-17-33(18-4-1)35-21-7-11-27-41(35)49-43-29-13-9-23-39(43)47-37(25-15-31-45(47)49)38-26-16-32-46-48(38)40-24-10-14-30-44(40)50(46)42-28-12-8-22-36(42)34-19-5-2-6-20-34/h1-7,9-21,23-32H,8,22H2. The van der Waals surface area contributed by atoms with E-state index in [1.165, 1.54) is 88.4 Å². The zero-order valence-corrected chi connectivity index (χ0v) is 27.6. The van der Waals surface area contributed by atoms with Gasteiger partial charge in [-0.2, -0.15) is 0 Å². The third kappa shape index (κ3) is 4.35. The third-order valence-electron chi connectivity index (χ3n) is 10.4. The fourth-order valence-corrected chi connectivity index (χ4v) is 8.33. The normalized spacial score (nSPS) is 13.3. The molecule has 7 aromatic carbocycles. The van der Waals surface area contributed by atoms with Gasteiger partial charge in [-0.3, -0.25) is 0 Å². The lowest BCUT2D eigenvalue weighted by molar-refractivity contribution is 1.04. The second-order valence-electron chi connectivity index (χ2n) is 13.2. The molecule has 0 unspecified atom stereocenters. The van der Waals surface area contributed by atoms with Crippen LogP contribution in [0.1, 0.15) is 18.4 Å². The van der Waals surface area contributed by atoms with Gasteiger partial charge in [-0.25, -0.2) is 0 Å². The number of allylic oxidation sites excluding steroid dienone is 4. The Balaban J connectivity index is 1.28. The Hall–Kier alpha value is -6.38. The highest BCUT2D eigenvalue weighted by molar-refractivity contribution is 6.23. The molecule has 0 spiro atoms. The molecule has 0 bridgehead atoms. The molecule has 10 rings (SSSR count). The van der Waals surface area contributed by atoms with E-state index >= 15 is 0 Å². The van der Waals surface area contributed by atoms with Crippen LogP contribution in [0.4, 0.5) is 0 Å². The van der Waals surface area contributed by atoms with E-state index in [9.17, 15) is 0 Å².